The highest BCUT2D eigenvalue weighted by Gasteiger charge is 2.32. The van der Waals surface area contributed by atoms with Crippen LogP contribution in [0, 0.1) is 19.8 Å². The van der Waals surface area contributed by atoms with Crippen molar-refractivity contribution < 1.29 is 9.59 Å². The second-order valence-corrected chi connectivity index (χ2v) is 7.26. The molecule has 1 fully saturated rings. The molecule has 7 heteroatoms. The van der Waals surface area contributed by atoms with Crippen LogP contribution in [0.15, 0.2) is 30.5 Å². The summed E-state index contributed by atoms with van der Waals surface area (Å²) in [4.78, 5) is 35.2. The van der Waals surface area contributed by atoms with Gasteiger partial charge in [-0.2, -0.15) is 0 Å². The molecular formula is C20H23ClN4O2. The second kappa shape index (κ2) is 8.48. The van der Waals surface area contributed by atoms with E-state index in [0.29, 0.717) is 48.2 Å². The third-order valence-electron chi connectivity index (χ3n) is 4.80. The Morgan fingerprint density at radius 1 is 1.26 bits per heavy atom. The maximum Gasteiger partial charge on any atom is 0.257 e. The molecule has 1 aliphatic heterocycles. The van der Waals surface area contributed by atoms with Crippen LogP contribution in [0.25, 0.3) is 0 Å². The highest BCUT2D eigenvalue weighted by Crippen LogP contribution is 2.20. The molecule has 142 valence electrons. The first kappa shape index (κ1) is 19.3. The van der Waals surface area contributed by atoms with Crippen LogP contribution in [0.1, 0.15) is 33.9 Å². The minimum absolute atomic E-state index is 0.00357. The summed E-state index contributed by atoms with van der Waals surface area (Å²) in [5.41, 5.74) is 2.30. The maximum absolute atomic E-state index is 12.7. The van der Waals surface area contributed by atoms with Crippen molar-refractivity contribution in [1.82, 2.24) is 20.2 Å². The lowest BCUT2D eigenvalue weighted by Gasteiger charge is -2.17. The Kier molecular flexibility index (Phi) is 6.06. The van der Waals surface area contributed by atoms with E-state index in [9.17, 15) is 9.59 Å². The van der Waals surface area contributed by atoms with Gasteiger partial charge in [0.25, 0.3) is 5.91 Å². The number of nitrogens with zero attached hydrogens (tertiary/aromatic N) is 3. The van der Waals surface area contributed by atoms with Gasteiger partial charge in [0, 0.05) is 30.9 Å². The number of aromatic nitrogens is 2. The fourth-order valence-corrected chi connectivity index (χ4v) is 3.37. The van der Waals surface area contributed by atoms with Gasteiger partial charge >= 0.3 is 0 Å². The zero-order chi connectivity index (χ0) is 19.4. The topological polar surface area (TPSA) is 75.2 Å². The summed E-state index contributed by atoms with van der Waals surface area (Å²) in [6.07, 6.45) is 2.99. The maximum atomic E-state index is 12.7. The van der Waals surface area contributed by atoms with Crippen LogP contribution in [0.4, 0.5) is 0 Å². The zero-order valence-corrected chi connectivity index (χ0v) is 16.3. The third kappa shape index (κ3) is 4.83. The minimum Gasteiger partial charge on any atom is -0.355 e. The third-order valence-corrected chi connectivity index (χ3v) is 5.05. The Balaban J connectivity index is 1.50. The summed E-state index contributed by atoms with van der Waals surface area (Å²) in [7, 11) is 0. The number of rotatable bonds is 5. The van der Waals surface area contributed by atoms with E-state index in [2.05, 4.69) is 15.3 Å². The van der Waals surface area contributed by atoms with Gasteiger partial charge in [0.15, 0.2) is 0 Å². The van der Waals surface area contributed by atoms with Gasteiger partial charge in [0.1, 0.15) is 5.82 Å². The number of aryl methyl sites for hydroxylation is 2. The van der Waals surface area contributed by atoms with Crippen molar-refractivity contribution >= 4 is 23.4 Å². The largest absolute Gasteiger partial charge is 0.355 e. The zero-order valence-electron chi connectivity index (χ0n) is 15.5. The summed E-state index contributed by atoms with van der Waals surface area (Å²) < 4.78 is 0. The number of nitrogens with one attached hydrogen (secondary N) is 1. The Labute approximate surface area is 164 Å². The van der Waals surface area contributed by atoms with Crippen LogP contribution in [0.2, 0.25) is 5.02 Å². The van der Waals surface area contributed by atoms with Gasteiger partial charge in [-0.1, -0.05) is 23.7 Å². The molecule has 0 aliphatic carbocycles. The first-order valence-electron chi connectivity index (χ1n) is 9.05. The van der Waals surface area contributed by atoms with Crippen molar-refractivity contribution in [3.8, 4) is 0 Å². The second-order valence-electron chi connectivity index (χ2n) is 6.82. The standard InChI is InChI=1S/C20H23ClN4O2/c1-13-18(11-23-14(2)24-13)20(27)25-10-8-16(12-25)19(26)22-9-7-15-3-5-17(21)6-4-15/h3-6,11,16H,7-10,12H2,1-2H3,(H,22,26)/t16-/m0/s1. The molecule has 3 rings (SSSR count). The molecule has 0 bridgehead atoms. The van der Waals surface area contributed by atoms with Gasteiger partial charge in [0.2, 0.25) is 5.91 Å². The van der Waals surface area contributed by atoms with E-state index in [1.54, 1.807) is 24.9 Å². The molecule has 2 heterocycles. The van der Waals surface area contributed by atoms with Crippen LogP contribution in [-0.4, -0.2) is 46.3 Å². The van der Waals surface area contributed by atoms with Crippen molar-refractivity contribution in [1.29, 1.82) is 0 Å². The Bertz CT molecular complexity index is 838. The molecule has 0 radical (unpaired) electrons. The fraction of sp³-hybridized carbons (Fsp3) is 0.400. The van der Waals surface area contributed by atoms with Gasteiger partial charge in [-0.3, -0.25) is 9.59 Å². The van der Waals surface area contributed by atoms with E-state index < -0.39 is 0 Å². The SMILES string of the molecule is Cc1ncc(C(=O)N2CC[C@H](C(=O)NCCc3ccc(Cl)cc3)C2)c(C)n1. The van der Waals surface area contributed by atoms with Gasteiger partial charge in [-0.25, -0.2) is 9.97 Å². The number of hydrogen-bond acceptors (Lipinski definition) is 4. The predicted octanol–water partition coefficient (Wildman–Crippen LogP) is 2.57. The molecule has 2 aromatic rings. The van der Waals surface area contributed by atoms with E-state index in [1.165, 1.54) is 0 Å². The van der Waals surface area contributed by atoms with Crippen LogP contribution in [0.3, 0.4) is 0 Å². The number of amides is 2. The lowest BCUT2D eigenvalue weighted by Crippen LogP contribution is -2.35. The smallest absolute Gasteiger partial charge is 0.257 e. The highest BCUT2D eigenvalue weighted by molar-refractivity contribution is 6.30. The molecule has 2 amide bonds. The minimum atomic E-state index is -0.175. The predicted molar refractivity (Wildman–Crippen MR) is 104 cm³/mol. The Morgan fingerprint density at radius 3 is 2.70 bits per heavy atom. The lowest BCUT2D eigenvalue weighted by molar-refractivity contribution is -0.124. The molecule has 27 heavy (non-hydrogen) atoms. The molecule has 0 spiro atoms. The van der Waals surface area contributed by atoms with Gasteiger partial charge in [0.05, 0.1) is 17.2 Å². The van der Waals surface area contributed by atoms with Gasteiger partial charge in [-0.15, -0.1) is 0 Å². The molecule has 0 unspecified atom stereocenters. The van der Waals surface area contributed by atoms with E-state index in [0.717, 1.165) is 12.0 Å². The number of carbonyl (C=O) groups excluding carboxylic acids is 2. The molecule has 1 saturated heterocycles. The molecule has 1 aromatic carbocycles. The van der Waals surface area contributed by atoms with Crippen LogP contribution in [0.5, 0.6) is 0 Å². The van der Waals surface area contributed by atoms with E-state index in [1.807, 2.05) is 24.3 Å². The van der Waals surface area contributed by atoms with Crippen molar-refractivity contribution in [2.24, 2.45) is 5.92 Å². The monoisotopic (exact) mass is 386 g/mol. The van der Waals surface area contributed by atoms with Gasteiger partial charge in [-0.05, 0) is 44.4 Å². The van der Waals surface area contributed by atoms with Crippen molar-refractivity contribution in [2.45, 2.75) is 26.7 Å². The number of likely N-dealkylation sites (tertiary alicyclic amines) is 1. The van der Waals surface area contributed by atoms with Crippen LogP contribution >= 0.6 is 11.6 Å². The van der Waals surface area contributed by atoms with E-state index >= 15 is 0 Å². The number of halogens is 1. The van der Waals surface area contributed by atoms with Crippen molar-refractivity contribution in [3.63, 3.8) is 0 Å². The average Bonchev–Trinajstić information content (AvgIpc) is 3.13. The van der Waals surface area contributed by atoms with E-state index in [-0.39, 0.29) is 17.7 Å². The number of benzene rings is 1. The average molecular weight is 387 g/mol. The summed E-state index contributed by atoms with van der Waals surface area (Å²) in [6, 6.07) is 7.60. The first-order valence-corrected chi connectivity index (χ1v) is 9.43. The molecule has 1 aromatic heterocycles. The fourth-order valence-electron chi connectivity index (χ4n) is 3.25. The summed E-state index contributed by atoms with van der Waals surface area (Å²) in [5, 5.41) is 3.67. The van der Waals surface area contributed by atoms with Crippen molar-refractivity contribution in [3.05, 3.63) is 58.1 Å². The molecule has 6 nitrogen and oxygen atoms in total. The highest BCUT2D eigenvalue weighted by atomic mass is 35.5. The molecule has 1 aliphatic rings. The Hall–Kier alpha value is -2.47. The lowest BCUT2D eigenvalue weighted by atomic mass is 10.1. The Morgan fingerprint density at radius 2 is 2.00 bits per heavy atom. The van der Waals surface area contributed by atoms with E-state index in [4.69, 9.17) is 11.6 Å². The van der Waals surface area contributed by atoms with Gasteiger partial charge < -0.3 is 10.2 Å². The quantitative estimate of drug-likeness (QED) is 0.856. The summed E-state index contributed by atoms with van der Waals surface area (Å²) >= 11 is 5.87. The molecule has 1 N–H and O–H groups in total. The molecule has 1 atom stereocenters. The van der Waals surface area contributed by atoms with Crippen LogP contribution < -0.4 is 5.32 Å². The number of carbonyl (C=O) groups is 2. The first-order chi connectivity index (χ1) is 12.9. The normalized spacial score (nSPS) is 16.4. The molecule has 0 saturated carbocycles. The van der Waals surface area contributed by atoms with Crippen LogP contribution in [-0.2, 0) is 11.2 Å². The van der Waals surface area contributed by atoms with Crippen molar-refractivity contribution in [2.75, 3.05) is 19.6 Å². The number of hydrogen-bond donors (Lipinski definition) is 1. The summed E-state index contributed by atoms with van der Waals surface area (Å²) in [6.45, 7) is 5.16. The summed E-state index contributed by atoms with van der Waals surface area (Å²) in [5.74, 6) is 0.356. The molecular weight excluding hydrogens is 364 g/mol.